The molecule has 0 heterocycles. The van der Waals surface area contributed by atoms with Crippen molar-refractivity contribution in [2.24, 2.45) is 5.41 Å². The number of benzene rings is 1. The third-order valence-electron chi connectivity index (χ3n) is 2.67. The van der Waals surface area contributed by atoms with E-state index in [2.05, 4.69) is 5.32 Å². The van der Waals surface area contributed by atoms with Gasteiger partial charge in [-0.05, 0) is 24.0 Å². The number of halogens is 3. The average molecular weight is 276 g/mol. The Bertz CT molecular complexity index is 435. The first-order chi connectivity index (χ1) is 8.35. The average Bonchev–Trinajstić information content (AvgIpc) is 2.26. The maximum atomic E-state index is 13.3. The van der Waals surface area contributed by atoms with Crippen LogP contribution in [0.5, 0.6) is 0 Å². The topological polar surface area (TPSA) is 29.1 Å². The molecule has 0 radical (unpaired) electrons. The first-order valence-corrected chi connectivity index (χ1v) is 6.18. The summed E-state index contributed by atoms with van der Waals surface area (Å²) in [7, 11) is 0. The number of rotatable bonds is 5. The quantitative estimate of drug-likeness (QED) is 0.821. The van der Waals surface area contributed by atoms with E-state index in [-0.39, 0.29) is 11.0 Å². The fourth-order valence-corrected chi connectivity index (χ4v) is 1.94. The lowest BCUT2D eigenvalue weighted by atomic mass is 9.90. The van der Waals surface area contributed by atoms with Gasteiger partial charge in [-0.2, -0.15) is 0 Å². The van der Waals surface area contributed by atoms with Crippen LogP contribution in [-0.2, 0) is 0 Å². The van der Waals surface area contributed by atoms with Gasteiger partial charge in [0.2, 0.25) is 0 Å². The molecule has 0 unspecified atom stereocenters. The van der Waals surface area contributed by atoms with Crippen molar-refractivity contribution < 1.29 is 13.6 Å². The first-order valence-electron chi connectivity index (χ1n) is 5.65. The summed E-state index contributed by atoms with van der Waals surface area (Å²) < 4.78 is 26.0. The first kappa shape index (κ1) is 14.9. The second kappa shape index (κ2) is 6.14. The standard InChI is InChI=1S/C13H16ClF2NO/c1-13(2,5-6-14)8-17-12(18)10-4-3-9(15)7-11(10)16/h3-4,7H,5-6,8H2,1-2H3,(H,17,18). The van der Waals surface area contributed by atoms with E-state index in [4.69, 9.17) is 11.6 Å². The highest BCUT2D eigenvalue weighted by Gasteiger charge is 2.19. The minimum atomic E-state index is -0.859. The fourth-order valence-electron chi connectivity index (χ4n) is 1.43. The number of hydrogen-bond acceptors (Lipinski definition) is 1. The van der Waals surface area contributed by atoms with Gasteiger partial charge >= 0.3 is 0 Å². The van der Waals surface area contributed by atoms with Crippen LogP contribution in [0, 0.1) is 17.0 Å². The zero-order valence-corrected chi connectivity index (χ0v) is 11.2. The van der Waals surface area contributed by atoms with Crippen LogP contribution >= 0.6 is 11.6 Å². The Hall–Kier alpha value is -1.16. The molecule has 0 bridgehead atoms. The molecule has 0 aliphatic heterocycles. The summed E-state index contributed by atoms with van der Waals surface area (Å²) in [4.78, 5) is 11.7. The van der Waals surface area contributed by atoms with E-state index >= 15 is 0 Å². The molecule has 100 valence electrons. The van der Waals surface area contributed by atoms with Gasteiger partial charge in [-0.15, -0.1) is 11.6 Å². The fraction of sp³-hybridized carbons (Fsp3) is 0.462. The van der Waals surface area contributed by atoms with Crippen molar-refractivity contribution in [1.29, 1.82) is 0 Å². The summed E-state index contributed by atoms with van der Waals surface area (Å²) in [5.41, 5.74) is -0.313. The molecular weight excluding hydrogens is 260 g/mol. The van der Waals surface area contributed by atoms with Crippen LogP contribution in [0.1, 0.15) is 30.6 Å². The number of carbonyl (C=O) groups excluding carboxylic acids is 1. The Morgan fingerprint density at radius 3 is 2.61 bits per heavy atom. The molecule has 1 aromatic carbocycles. The normalized spacial score (nSPS) is 11.4. The summed E-state index contributed by atoms with van der Waals surface area (Å²) in [6, 6.07) is 2.88. The van der Waals surface area contributed by atoms with Gasteiger partial charge < -0.3 is 5.32 Å². The Morgan fingerprint density at radius 1 is 1.39 bits per heavy atom. The molecule has 1 N–H and O–H groups in total. The number of carbonyl (C=O) groups is 1. The molecular formula is C13H16ClF2NO. The molecule has 1 amide bonds. The van der Waals surface area contributed by atoms with Crippen molar-refractivity contribution in [1.82, 2.24) is 5.32 Å². The maximum absolute atomic E-state index is 13.3. The van der Waals surface area contributed by atoms with Crippen LogP contribution in [0.3, 0.4) is 0 Å². The monoisotopic (exact) mass is 275 g/mol. The molecule has 0 saturated carbocycles. The van der Waals surface area contributed by atoms with Gasteiger partial charge in [0, 0.05) is 18.5 Å². The molecule has 1 aromatic rings. The Labute approximate surface area is 110 Å². The van der Waals surface area contributed by atoms with Crippen LogP contribution in [-0.4, -0.2) is 18.3 Å². The molecule has 0 fully saturated rings. The summed E-state index contributed by atoms with van der Waals surface area (Å²) in [5, 5.41) is 2.62. The minimum Gasteiger partial charge on any atom is -0.351 e. The van der Waals surface area contributed by atoms with Crippen LogP contribution in [0.15, 0.2) is 18.2 Å². The van der Waals surface area contributed by atoms with Gasteiger partial charge in [-0.3, -0.25) is 4.79 Å². The molecule has 0 atom stereocenters. The second-order valence-corrected chi connectivity index (χ2v) is 5.29. The molecule has 0 aromatic heterocycles. The summed E-state index contributed by atoms with van der Waals surface area (Å²) >= 11 is 5.65. The zero-order valence-electron chi connectivity index (χ0n) is 10.4. The van der Waals surface area contributed by atoms with Gasteiger partial charge in [-0.25, -0.2) is 8.78 Å². The van der Waals surface area contributed by atoms with Crippen LogP contribution in [0.2, 0.25) is 0 Å². The largest absolute Gasteiger partial charge is 0.351 e. The van der Waals surface area contributed by atoms with E-state index < -0.39 is 17.5 Å². The Kier molecular flexibility index (Phi) is 5.08. The van der Waals surface area contributed by atoms with Crippen molar-refractivity contribution in [2.45, 2.75) is 20.3 Å². The summed E-state index contributed by atoms with van der Waals surface area (Å²) in [6.45, 7) is 4.29. The van der Waals surface area contributed by atoms with Crippen molar-refractivity contribution in [3.63, 3.8) is 0 Å². The van der Waals surface area contributed by atoms with Gasteiger partial charge in [0.05, 0.1) is 5.56 Å². The third kappa shape index (κ3) is 4.26. The lowest BCUT2D eigenvalue weighted by Gasteiger charge is -2.23. The van der Waals surface area contributed by atoms with Crippen molar-refractivity contribution in [2.75, 3.05) is 12.4 Å². The van der Waals surface area contributed by atoms with Gasteiger partial charge in [0.1, 0.15) is 11.6 Å². The highest BCUT2D eigenvalue weighted by Crippen LogP contribution is 2.19. The smallest absolute Gasteiger partial charge is 0.254 e. The zero-order chi connectivity index (χ0) is 13.8. The maximum Gasteiger partial charge on any atom is 0.254 e. The van der Waals surface area contributed by atoms with E-state index in [1.54, 1.807) is 0 Å². The van der Waals surface area contributed by atoms with E-state index in [1.165, 1.54) is 0 Å². The highest BCUT2D eigenvalue weighted by atomic mass is 35.5. The molecule has 5 heteroatoms. The highest BCUT2D eigenvalue weighted by molar-refractivity contribution is 6.17. The SMILES string of the molecule is CC(C)(CCCl)CNC(=O)c1ccc(F)cc1F. The predicted molar refractivity (Wildman–Crippen MR) is 67.8 cm³/mol. The molecule has 2 nitrogen and oxygen atoms in total. The van der Waals surface area contributed by atoms with E-state index in [9.17, 15) is 13.6 Å². The number of nitrogens with one attached hydrogen (secondary N) is 1. The minimum absolute atomic E-state index is 0.155. The van der Waals surface area contributed by atoms with Gasteiger partial charge in [0.25, 0.3) is 5.91 Å². The van der Waals surface area contributed by atoms with Crippen molar-refractivity contribution in [3.8, 4) is 0 Å². The Morgan fingerprint density at radius 2 is 2.06 bits per heavy atom. The molecule has 0 spiro atoms. The van der Waals surface area contributed by atoms with E-state index in [1.807, 2.05) is 13.8 Å². The molecule has 1 rings (SSSR count). The molecule has 18 heavy (non-hydrogen) atoms. The van der Waals surface area contributed by atoms with Crippen LogP contribution < -0.4 is 5.32 Å². The van der Waals surface area contributed by atoms with Crippen molar-refractivity contribution in [3.05, 3.63) is 35.4 Å². The second-order valence-electron chi connectivity index (χ2n) is 4.91. The Balaban J connectivity index is 2.66. The van der Waals surface area contributed by atoms with E-state index in [0.29, 0.717) is 18.5 Å². The van der Waals surface area contributed by atoms with Gasteiger partial charge in [-0.1, -0.05) is 13.8 Å². The third-order valence-corrected chi connectivity index (χ3v) is 2.86. The number of hydrogen-bond donors (Lipinski definition) is 1. The number of amides is 1. The lowest BCUT2D eigenvalue weighted by molar-refractivity contribution is 0.0931. The lowest BCUT2D eigenvalue weighted by Crippen LogP contribution is -2.34. The van der Waals surface area contributed by atoms with Crippen LogP contribution in [0.4, 0.5) is 8.78 Å². The molecule has 0 saturated heterocycles. The number of alkyl halides is 1. The molecule has 0 aliphatic rings. The van der Waals surface area contributed by atoms with E-state index in [0.717, 1.165) is 18.6 Å². The predicted octanol–water partition coefficient (Wildman–Crippen LogP) is 3.35. The van der Waals surface area contributed by atoms with Crippen molar-refractivity contribution >= 4 is 17.5 Å². The van der Waals surface area contributed by atoms with Gasteiger partial charge in [0.15, 0.2) is 0 Å². The van der Waals surface area contributed by atoms with Crippen LogP contribution in [0.25, 0.3) is 0 Å². The molecule has 0 aliphatic carbocycles. The summed E-state index contributed by atoms with van der Waals surface area (Å²) in [6.07, 6.45) is 0.737. The summed E-state index contributed by atoms with van der Waals surface area (Å²) in [5.74, 6) is -1.61.